The number of benzene rings is 1. The second-order valence-electron chi connectivity index (χ2n) is 4.36. The molecule has 3 heteroatoms. The Morgan fingerprint density at radius 1 is 1.19 bits per heavy atom. The molecule has 1 aliphatic rings. The van der Waals surface area contributed by atoms with Gasteiger partial charge >= 0.3 is 0 Å². The van der Waals surface area contributed by atoms with Gasteiger partial charge in [0, 0.05) is 25.2 Å². The number of ether oxygens (including phenoxy) is 1. The van der Waals surface area contributed by atoms with Gasteiger partial charge in [-0.25, -0.2) is 0 Å². The zero-order valence-electron chi connectivity index (χ0n) is 9.80. The summed E-state index contributed by atoms with van der Waals surface area (Å²) in [4.78, 5) is 2.42. The smallest absolute Gasteiger partial charge is 0.0594 e. The molecule has 2 rings (SSSR count). The molecule has 1 aromatic rings. The van der Waals surface area contributed by atoms with E-state index < -0.39 is 0 Å². The van der Waals surface area contributed by atoms with Gasteiger partial charge in [0.15, 0.2) is 0 Å². The summed E-state index contributed by atoms with van der Waals surface area (Å²) in [6, 6.07) is 11.0. The number of morpholine rings is 1. The van der Waals surface area contributed by atoms with Gasteiger partial charge in [-0.15, -0.1) is 0 Å². The molecule has 0 saturated carbocycles. The minimum Gasteiger partial charge on any atom is -0.379 e. The monoisotopic (exact) mass is 220 g/mol. The van der Waals surface area contributed by atoms with Gasteiger partial charge in [0.05, 0.1) is 13.2 Å². The summed E-state index contributed by atoms with van der Waals surface area (Å²) in [5, 5.41) is 0. The average molecular weight is 220 g/mol. The molecule has 1 saturated heterocycles. The Labute approximate surface area is 97.2 Å². The van der Waals surface area contributed by atoms with E-state index in [2.05, 4.69) is 36.1 Å². The molecular weight excluding hydrogens is 200 g/mol. The van der Waals surface area contributed by atoms with Crippen LogP contribution >= 0.6 is 0 Å². The van der Waals surface area contributed by atoms with Crippen LogP contribution in [-0.4, -0.2) is 37.2 Å². The van der Waals surface area contributed by atoms with E-state index >= 15 is 0 Å². The Balaban J connectivity index is 2.16. The Bertz CT molecular complexity index is 307. The first-order valence-corrected chi connectivity index (χ1v) is 5.91. The molecule has 88 valence electrons. The predicted molar refractivity (Wildman–Crippen MR) is 65.2 cm³/mol. The lowest BCUT2D eigenvalue weighted by molar-refractivity contribution is 0.0116. The molecule has 0 aliphatic carbocycles. The highest BCUT2D eigenvalue weighted by Gasteiger charge is 2.25. The topological polar surface area (TPSA) is 38.5 Å². The second kappa shape index (κ2) is 5.43. The summed E-state index contributed by atoms with van der Waals surface area (Å²) in [7, 11) is 0. The number of hydrogen-bond donors (Lipinski definition) is 1. The fraction of sp³-hybridized carbons (Fsp3) is 0.538. The number of nitrogens with zero attached hydrogens (tertiary/aromatic N) is 1. The zero-order chi connectivity index (χ0) is 11.4. The van der Waals surface area contributed by atoms with E-state index in [1.54, 1.807) is 0 Å². The molecule has 1 heterocycles. The lowest BCUT2D eigenvalue weighted by Gasteiger charge is -2.36. The van der Waals surface area contributed by atoms with Crippen molar-refractivity contribution in [1.82, 2.24) is 4.90 Å². The molecule has 16 heavy (non-hydrogen) atoms. The third-order valence-electron chi connectivity index (χ3n) is 3.08. The van der Waals surface area contributed by atoms with Crippen LogP contribution in [0.1, 0.15) is 18.5 Å². The number of hydrogen-bond acceptors (Lipinski definition) is 3. The lowest BCUT2D eigenvalue weighted by atomic mass is 9.99. The van der Waals surface area contributed by atoms with Crippen LogP contribution in [0, 0.1) is 0 Å². The van der Waals surface area contributed by atoms with Crippen molar-refractivity contribution in [2.24, 2.45) is 5.73 Å². The standard InChI is InChI=1S/C13H20N2O/c1-11(14)13(12-5-3-2-4-6-12)15-7-9-16-10-8-15/h2-6,11,13H,7-10,14H2,1H3/t11-,13-/m0/s1. The van der Waals surface area contributed by atoms with Crippen molar-refractivity contribution in [3.8, 4) is 0 Å². The quantitative estimate of drug-likeness (QED) is 0.837. The largest absolute Gasteiger partial charge is 0.379 e. The summed E-state index contributed by atoms with van der Waals surface area (Å²) < 4.78 is 5.38. The molecule has 2 atom stereocenters. The molecule has 0 aromatic heterocycles. The van der Waals surface area contributed by atoms with Crippen molar-refractivity contribution >= 4 is 0 Å². The first kappa shape index (κ1) is 11.6. The highest BCUT2D eigenvalue weighted by molar-refractivity contribution is 5.20. The molecular formula is C13H20N2O. The second-order valence-corrected chi connectivity index (χ2v) is 4.36. The molecule has 0 bridgehead atoms. The van der Waals surface area contributed by atoms with Crippen molar-refractivity contribution in [3.63, 3.8) is 0 Å². The third-order valence-corrected chi connectivity index (χ3v) is 3.08. The van der Waals surface area contributed by atoms with Crippen molar-refractivity contribution in [2.75, 3.05) is 26.3 Å². The molecule has 3 nitrogen and oxygen atoms in total. The van der Waals surface area contributed by atoms with Gasteiger partial charge < -0.3 is 10.5 Å². The maximum absolute atomic E-state index is 6.12. The third kappa shape index (κ3) is 2.61. The molecule has 1 aliphatic heterocycles. The van der Waals surface area contributed by atoms with Gasteiger partial charge in [0.2, 0.25) is 0 Å². The van der Waals surface area contributed by atoms with Crippen LogP contribution in [-0.2, 0) is 4.74 Å². The first-order chi connectivity index (χ1) is 7.79. The fourth-order valence-corrected chi connectivity index (χ4v) is 2.35. The highest BCUT2D eigenvalue weighted by Crippen LogP contribution is 2.23. The Morgan fingerprint density at radius 3 is 2.38 bits per heavy atom. The van der Waals surface area contributed by atoms with Gasteiger partial charge in [-0.2, -0.15) is 0 Å². The van der Waals surface area contributed by atoms with Gasteiger partial charge in [-0.1, -0.05) is 30.3 Å². The van der Waals surface area contributed by atoms with Crippen LogP contribution in [0.3, 0.4) is 0 Å². The molecule has 0 radical (unpaired) electrons. The van der Waals surface area contributed by atoms with E-state index in [0.717, 1.165) is 26.3 Å². The molecule has 1 fully saturated rings. The van der Waals surface area contributed by atoms with Crippen LogP contribution in [0.2, 0.25) is 0 Å². The van der Waals surface area contributed by atoms with Crippen molar-refractivity contribution in [1.29, 1.82) is 0 Å². The number of rotatable bonds is 3. The van der Waals surface area contributed by atoms with E-state index in [1.807, 2.05) is 6.07 Å². The van der Waals surface area contributed by atoms with Gasteiger partial charge in [0.1, 0.15) is 0 Å². The Morgan fingerprint density at radius 2 is 1.81 bits per heavy atom. The SMILES string of the molecule is C[C@H](N)[C@@H](c1ccccc1)N1CCOCC1. The normalized spacial score (nSPS) is 21.6. The first-order valence-electron chi connectivity index (χ1n) is 5.91. The molecule has 1 aromatic carbocycles. The molecule has 0 amide bonds. The van der Waals surface area contributed by atoms with E-state index in [0.29, 0.717) is 6.04 Å². The molecule has 0 spiro atoms. The van der Waals surface area contributed by atoms with Crippen LogP contribution in [0.5, 0.6) is 0 Å². The van der Waals surface area contributed by atoms with E-state index in [4.69, 9.17) is 10.5 Å². The van der Waals surface area contributed by atoms with Crippen molar-refractivity contribution in [3.05, 3.63) is 35.9 Å². The average Bonchev–Trinajstić information content (AvgIpc) is 2.31. The summed E-state index contributed by atoms with van der Waals surface area (Å²) >= 11 is 0. The lowest BCUT2D eigenvalue weighted by Crippen LogP contribution is -2.45. The molecule has 2 N–H and O–H groups in total. The summed E-state index contributed by atoms with van der Waals surface area (Å²) in [5.41, 5.74) is 7.42. The zero-order valence-corrected chi connectivity index (χ0v) is 9.80. The van der Waals surface area contributed by atoms with E-state index in [-0.39, 0.29) is 6.04 Å². The Kier molecular flexibility index (Phi) is 3.93. The predicted octanol–water partition coefficient (Wildman–Crippen LogP) is 1.41. The molecule has 0 unspecified atom stereocenters. The van der Waals surface area contributed by atoms with E-state index in [1.165, 1.54) is 5.56 Å². The van der Waals surface area contributed by atoms with Crippen molar-refractivity contribution < 1.29 is 4.74 Å². The maximum Gasteiger partial charge on any atom is 0.0594 e. The van der Waals surface area contributed by atoms with E-state index in [9.17, 15) is 0 Å². The summed E-state index contributed by atoms with van der Waals surface area (Å²) in [5.74, 6) is 0. The van der Waals surface area contributed by atoms with Crippen LogP contribution in [0.25, 0.3) is 0 Å². The summed E-state index contributed by atoms with van der Waals surface area (Å²) in [6.45, 7) is 5.65. The highest BCUT2D eigenvalue weighted by atomic mass is 16.5. The van der Waals surface area contributed by atoms with Gasteiger partial charge in [0.25, 0.3) is 0 Å². The fourth-order valence-electron chi connectivity index (χ4n) is 2.35. The Hall–Kier alpha value is -0.900. The van der Waals surface area contributed by atoms with Gasteiger partial charge in [-0.3, -0.25) is 4.90 Å². The summed E-state index contributed by atoms with van der Waals surface area (Å²) in [6.07, 6.45) is 0. The minimum absolute atomic E-state index is 0.139. The number of nitrogens with two attached hydrogens (primary N) is 1. The minimum atomic E-state index is 0.139. The maximum atomic E-state index is 6.12. The van der Waals surface area contributed by atoms with Gasteiger partial charge in [-0.05, 0) is 12.5 Å². The van der Waals surface area contributed by atoms with Crippen LogP contribution in [0.15, 0.2) is 30.3 Å². The van der Waals surface area contributed by atoms with Crippen LogP contribution < -0.4 is 5.73 Å². The van der Waals surface area contributed by atoms with Crippen LogP contribution in [0.4, 0.5) is 0 Å². The van der Waals surface area contributed by atoms with Crippen molar-refractivity contribution in [2.45, 2.75) is 19.0 Å².